The molecular formula is C23H35N5O3. The smallest absolute Gasteiger partial charge is 0.276 e. The summed E-state index contributed by atoms with van der Waals surface area (Å²) in [5.41, 5.74) is 1.65. The number of carbonyl (C=O) groups excluding carboxylic acids is 1. The molecule has 0 saturated carbocycles. The van der Waals surface area contributed by atoms with Crippen molar-refractivity contribution >= 4 is 5.91 Å². The SMILES string of the molecule is CCOc1cc(CN2CCCC(Cn3cc(C(=O)N(CC)CC)nn3)C2)ccc1OC. The lowest BCUT2D eigenvalue weighted by molar-refractivity contribution is 0.0767. The molecule has 8 nitrogen and oxygen atoms in total. The molecule has 1 saturated heterocycles. The van der Waals surface area contributed by atoms with Crippen LogP contribution in [0.3, 0.4) is 0 Å². The molecule has 0 aliphatic carbocycles. The normalized spacial score (nSPS) is 16.8. The van der Waals surface area contributed by atoms with E-state index < -0.39 is 0 Å². The van der Waals surface area contributed by atoms with E-state index in [2.05, 4.69) is 27.3 Å². The number of likely N-dealkylation sites (tertiary alicyclic amines) is 1. The zero-order chi connectivity index (χ0) is 22.2. The van der Waals surface area contributed by atoms with Gasteiger partial charge in [0.1, 0.15) is 0 Å². The Kier molecular flexibility index (Phi) is 8.28. The highest BCUT2D eigenvalue weighted by Gasteiger charge is 2.22. The molecule has 8 heteroatoms. The summed E-state index contributed by atoms with van der Waals surface area (Å²) < 4.78 is 12.9. The Labute approximate surface area is 185 Å². The number of nitrogens with zero attached hydrogens (tertiary/aromatic N) is 5. The van der Waals surface area contributed by atoms with Crippen LogP contribution in [0.1, 0.15) is 49.7 Å². The Bertz CT molecular complexity index is 849. The molecule has 1 aromatic carbocycles. The predicted molar refractivity (Wildman–Crippen MR) is 119 cm³/mol. The van der Waals surface area contributed by atoms with E-state index in [1.54, 1.807) is 18.2 Å². The Balaban J connectivity index is 1.59. The summed E-state index contributed by atoms with van der Waals surface area (Å²) >= 11 is 0. The number of amides is 1. The molecule has 1 aliphatic rings. The first-order valence-corrected chi connectivity index (χ1v) is 11.3. The van der Waals surface area contributed by atoms with Gasteiger partial charge in [0.05, 0.1) is 19.9 Å². The Morgan fingerprint density at radius 2 is 2.03 bits per heavy atom. The van der Waals surface area contributed by atoms with Crippen LogP contribution in [0.4, 0.5) is 0 Å². The van der Waals surface area contributed by atoms with Gasteiger partial charge in [0.2, 0.25) is 0 Å². The lowest BCUT2D eigenvalue weighted by atomic mass is 9.97. The summed E-state index contributed by atoms with van der Waals surface area (Å²) in [5.74, 6) is 2.00. The number of ether oxygens (including phenoxy) is 2. The number of methoxy groups -OCH3 is 1. The van der Waals surface area contributed by atoms with E-state index in [0.29, 0.717) is 31.3 Å². The fourth-order valence-electron chi connectivity index (χ4n) is 4.21. The fraction of sp³-hybridized carbons (Fsp3) is 0.609. The van der Waals surface area contributed by atoms with Crippen molar-refractivity contribution in [2.24, 2.45) is 5.92 Å². The van der Waals surface area contributed by atoms with Crippen molar-refractivity contribution in [2.75, 3.05) is 39.9 Å². The van der Waals surface area contributed by atoms with Crippen molar-refractivity contribution in [2.45, 2.75) is 46.7 Å². The molecule has 1 aromatic heterocycles. The minimum Gasteiger partial charge on any atom is -0.493 e. The van der Waals surface area contributed by atoms with Crippen LogP contribution in [-0.2, 0) is 13.1 Å². The zero-order valence-corrected chi connectivity index (χ0v) is 19.2. The van der Waals surface area contributed by atoms with Crippen LogP contribution < -0.4 is 9.47 Å². The number of carbonyl (C=O) groups is 1. The van der Waals surface area contributed by atoms with E-state index in [1.165, 1.54) is 5.56 Å². The quantitative estimate of drug-likeness (QED) is 0.578. The lowest BCUT2D eigenvalue weighted by Gasteiger charge is -2.32. The van der Waals surface area contributed by atoms with Crippen LogP contribution in [0.25, 0.3) is 0 Å². The number of rotatable bonds is 10. The topological polar surface area (TPSA) is 72.7 Å². The van der Waals surface area contributed by atoms with Crippen LogP contribution in [-0.4, -0.2) is 70.6 Å². The van der Waals surface area contributed by atoms with Gasteiger partial charge in [0, 0.05) is 32.7 Å². The van der Waals surface area contributed by atoms with Gasteiger partial charge < -0.3 is 14.4 Å². The highest BCUT2D eigenvalue weighted by molar-refractivity contribution is 5.91. The molecule has 0 radical (unpaired) electrons. The maximum atomic E-state index is 12.5. The molecule has 0 spiro atoms. The van der Waals surface area contributed by atoms with E-state index in [0.717, 1.165) is 50.5 Å². The third-order valence-corrected chi connectivity index (χ3v) is 5.79. The standard InChI is InChI=1S/C23H35N5O3/c1-5-27(6-2)23(29)20-17-28(25-24-20)16-19-9-8-12-26(15-19)14-18-10-11-21(30-4)22(13-18)31-7-3/h10-11,13,17,19H,5-9,12,14-16H2,1-4H3. The number of hydrogen-bond acceptors (Lipinski definition) is 6. The molecule has 0 bridgehead atoms. The fourth-order valence-corrected chi connectivity index (χ4v) is 4.21. The number of benzene rings is 1. The third-order valence-electron chi connectivity index (χ3n) is 5.79. The second-order valence-electron chi connectivity index (χ2n) is 7.96. The average Bonchev–Trinajstić information content (AvgIpc) is 3.24. The summed E-state index contributed by atoms with van der Waals surface area (Å²) in [6.07, 6.45) is 4.10. The Morgan fingerprint density at radius 1 is 1.23 bits per heavy atom. The van der Waals surface area contributed by atoms with Gasteiger partial charge in [-0.2, -0.15) is 0 Å². The van der Waals surface area contributed by atoms with Gasteiger partial charge in [0.15, 0.2) is 17.2 Å². The summed E-state index contributed by atoms with van der Waals surface area (Å²) in [4.78, 5) is 16.7. The molecule has 2 aromatic rings. The summed E-state index contributed by atoms with van der Waals surface area (Å²) in [7, 11) is 1.66. The van der Waals surface area contributed by atoms with Crippen LogP contribution in [0.15, 0.2) is 24.4 Å². The highest BCUT2D eigenvalue weighted by Crippen LogP contribution is 2.29. The summed E-state index contributed by atoms with van der Waals surface area (Å²) in [5, 5.41) is 8.32. The van der Waals surface area contributed by atoms with E-state index in [9.17, 15) is 4.79 Å². The van der Waals surface area contributed by atoms with Gasteiger partial charge in [0.25, 0.3) is 5.91 Å². The second kappa shape index (κ2) is 11.1. The van der Waals surface area contributed by atoms with Crippen LogP contribution >= 0.6 is 0 Å². The van der Waals surface area contributed by atoms with E-state index in [4.69, 9.17) is 9.47 Å². The molecule has 1 amide bonds. The van der Waals surface area contributed by atoms with Crippen molar-refractivity contribution in [1.29, 1.82) is 0 Å². The molecule has 1 aliphatic heterocycles. The summed E-state index contributed by atoms with van der Waals surface area (Å²) in [6, 6.07) is 6.16. The first kappa shape index (κ1) is 23.1. The maximum absolute atomic E-state index is 12.5. The first-order chi connectivity index (χ1) is 15.1. The van der Waals surface area contributed by atoms with Gasteiger partial charge in [-0.15, -0.1) is 5.10 Å². The van der Waals surface area contributed by atoms with Crippen molar-refractivity contribution in [3.8, 4) is 11.5 Å². The highest BCUT2D eigenvalue weighted by atomic mass is 16.5. The Morgan fingerprint density at radius 3 is 2.74 bits per heavy atom. The molecule has 1 atom stereocenters. The molecule has 0 N–H and O–H groups in total. The van der Waals surface area contributed by atoms with E-state index in [-0.39, 0.29) is 5.91 Å². The average molecular weight is 430 g/mol. The van der Waals surface area contributed by atoms with Gasteiger partial charge in [-0.25, -0.2) is 0 Å². The van der Waals surface area contributed by atoms with Crippen molar-refractivity contribution < 1.29 is 14.3 Å². The largest absolute Gasteiger partial charge is 0.493 e. The minimum atomic E-state index is -0.0499. The van der Waals surface area contributed by atoms with Crippen LogP contribution in [0.5, 0.6) is 11.5 Å². The molecule has 1 unspecified atom stereocenters. The van der Waals surface area contributed by atoms with Gasteiger partial charge in [-0.1, -0.05) is 11.3 Å². The first-order valence-electron chi connectivity index (χ1n) is 11.3. The van der Waals surface area contributed by atoms with Gasteiger partial charge in [-0.05, 0) is 63.8 Å². The van der Waals surface area contributed by atoms with E-state index >= 15 is 0 Å². The van der Waals surface area contributed by atoms with Crippen molar-refractivity contribution in [1.82, 2.24) is 24.8 Å². The molecule has 31 heavy (non-hydrogen) atoms. The van der Waals surface area contributed by atoms with Gasteiger partial charge in [-0.3, -0.25) is 14.4 Å². The van der Waals surface area contributed by atoms with Crippen molar-refractivity contribution in [3.05, 3.63) is 35.7 Å². The number of hydrogen-bond donors (Lipinski definition) is 0. The van der Waals surface area contributed by atoms with Crippen LogP contribution in [0.2, 0.25) is 0 Å². The number of aromatic nitrogens is 3. The lowest BCUT2D eigenvalue weighted by Crippen LogP contribution is -2.36. The molecule has 2 heterocycles. The van der Waals surface area contributed by atoms with E-state index in [1.807, 2.05) is 31.5 Å². The predicted octanol–water partition coefficient (Wildman–Crippen LogP) is 3.08. The monoisotopic (exact) mass is 429 g/mol. The van der Waals surface area contributed by atoms with Crippen molar-refractivity contribution in [3.63, 3.8) is 0 Å². The molecule has 1 fully saturated rings. The second-order valence-corrected chi connectivity index (χ2v) is 7.96. The minimum absolute atomic E-state index is 0.0499. The zero-order valence-electron chi connectivity index (χ0n) is 19.2. The third kappa shape index (κ3) is 5.97. The molecule has 170 valence electrons. The van der Waals surface area contributed by atoms with Crippen LogP contribution in [0, 0.1) is 5.92 Å². The Hall–Kier alpha value is -2.61. The molecule has 3 rings (SSSR count). The van der Waals surface area contributed by atoms with Gasteiger partial charge >= 0.3 is 0 Å². The molecular weight excluding hydrogens is 394 g/mol. The number of piperidine rings is 1. The summed E-state index contributed by atoms with van der Waals surface area (Å²) in [6.45, 7) is 11.6. The maximum Gasteiger partial charge on any atom is 0.276 e.